The molecule has 0 amide bonds. The van der Waals surface area contributed by atoms with Gasteiger partial charge in [0.05, 0.1) is 6.61 Å². The average molecular weight is 228 g/mol. The second-order valence-corrected chi connectivity index (χ2v) is 5.35. The first-order valence-corrected chi connectivity index (χ1v) is 6.48. The normalized spacial score (nSPS) is 33.0. The number of nitrogens with one attached hydrogen (secondary N) is 1. The van der Waals surface area contributed by atoms with Gasteiger partial charge in [-0.3, -0.25) is 4.90 Å². The van der Waals surface area contributed by atoms with E-state index in [0.29, 0.717) is 18.1 Å². The first-order chi connectivity index (χ1) is 7.60. The smallest absolute Gasteiger partial charge is 0.0615 e. The number of rotatable bonds is 5. The standard InChI is InChI=1S/C13H28N2O/c1-10-6-7-12(14-3)13(8-10)15(4)11(2)9-16-5/h10-14H,6-9H2,1-5H3. The van der Waals surface area contributed by atoms with Crippen LogP contribution >= 0.6 is 0 Å². The largest absolute Gasteiger partial charge is 0.383 e. The minimum absolute atomic E-state index is 0.496. The van der Waals surface area contributed by atoms with Crippen molar-refractivity contribution in [3.05, 3.63) is 0 Å². The molecule has 0 aliphatic heterocycles. The van der Waals surface area contributed by atoms with Crippen LogP contribution in [0.4, 0.5) is 0 Å². The highest BCUT2D eigenvalue weighted by atomic mass is 16.5. The second kappa shape index (κ2) is 6.58. The molecule has 1 saturated carbocycles. The summed E-state index contributed by atoms with van der Waals surface area (Å²) in [5.74, 6) is 0.854. The van der Waals surface area contributed by atoms with Gasteiger partial charge in [0.25, 0.3) is 0 Å². The Morgan fingerprint density at radius 3 is 2.69 bits per heavy atom. The Labute approximate surface area is 101 Å². The molecular weight excluding hydrogens is 200 g/mol. The third-order valence-corrected chi connectivity index (χ3v) is 4.08. The van der Waals surface area contributed by atoms with Gasteiger partial charge in [-0.15, -0.1) is 0 Å². The minimum Gasteiger partial charge on any atom is -0.383 e. The maximum atomic E-state index is 5.25. The molecule has 1 N–H and O–H groups in total. The van der Waals surface area contributed by atoms with Gasteiger partial charge in [-0.2, -0.15) is 0 Å². The number of ether oxygens (including phenoxy) is 1. The fraction of sp³-hybridized carbons (Fsp3) is 1.00. The third kappa shape index (κ3) is 3.44. The first kappa shape index (κ1) is 13.9. The molecule has 0 saturated heterocycles. The van der Waals surface area contributed by atoms with Crippen LogP contribution in [0.5, 0.6) is 0 Å². The van der Waals surface area contributed by atoms with Crippen molar-refractivity contribution < 1.29 is 4.74 Å². The predicted molar refractivity (Wildman–Crippen MR) is 68.8 cm³/mol. The summed E-state index contributed by atoms with van der Waals surface area (Å²) in [6.07, 6.45) is 3.96. The Morgan fingerprint density at radius 2 is 2.12 bits per heavy atom. The molecule has 0 heterocycles. The lowest BCUT2D eigenvalue weighted by Gasteiger charge is -2.42. The summed E-state index contributed by atoms with van der Waals surface area (Å²) >= 11 is 0. The zero-order valence-corrected chi connectivity index (χ0v) is 11.5. The molecule has 0 aromatic heterocycles. The van der Waals surface area contributed by atoms with Gasteiger partial charge in [-0.25, -0.2) is 0 Å². The molecule has 1 rings (SSSR count). The number of hydrogen-bond donors (Lipinski definition) is 1. The second-order valence-electron chi connectivity index (χ2n) is 5.35. The van der Waals surface area contributed by atoms with Gasteiger partial charge in [0.2, 0.25) is 0 Å². The van der Waals surface area contributed by atoms with Crippen molar-refractivity contribution in [1.29, 1.82) is 0 Å². The molecule has 0 radical (unpaired) electrons. The highest BCUT2D eigenvalue weighted by Gasteiger charge is 2.32. The fourth-order valence-corrected chi connectivity index (χ4v) is 2.82. The van der Waals surface area contributed by atoms with E-state index in [1.165, 1.54) is 19.3 Å². The maximum Gasteiger partial charge on any atom is 0.0615 e. The lowest BCUT2D eigenvalue weighted by atomic mass is 9.82. The van der Waals surface area contributed by atoms with E-state index in [0.717, 1.165) is 12.5 Å². The molecule has 0 spiro atoms. The zero-order chi connectivity index (χ0) is 12.1. The topological polar surface area (TPSA) is 24.5 Å². The van der Waals surface area contributed by atoms with Crippen molar-refractivity contribution in [3.8, 4) is 0 Å². The van der Waals surface area contributed by atoms with E-state index in [2.05, 4.69) is 38.2 Å². The van der Waals surface area contributed by atoms with Gasteiger partial charge in [0.15, 0.2) is 0 Å². The zero-order valence-electron chi connectivity index (χ0n) is 11.5. The number of likely N-dealkylation sites (N-methyl/N-ethyl adjacent to an activating group) is 2. The Morgan fingerprint density at radius 1 is 1.44 bits per heavy atom. The molecule has 0 aromatic rings. The van der Waals surface area contributed by atoms with Gasteiger partial charge < -0.3 is 10.1 Å². The summed E-state index contributed by atoms with van der Waals surface area (Å²) in [7, 11) is 6.10. The first-order valence-electron chi connectivity index (χ1n) is 6.48. The van der Waals surface area contributed by atoms with E-state index in [4.69, 9.17) is 4.74 Å². The Balaban J connectivity index is 2.58. The van der Waals surface area contributed by atoms with Crippen LogP contribution in [0.1, 0.15) is 33.1 Å². The van der Waals surface area contributed by atoms with Crippen LogP contribution in [0.15, 0.2) is 0 Å². The SMILES string of the molecule is CNC1CCC(C)CC1N(C)C(C)COC. The van der Waals surface area contributed by atoms with Crippen molar-refractivity contribution >= 4 is 0 Å². The Kier molecular flexibility index (Phi) is 5.73. The maximum absolute atomic E-state index is 5.25. The molecule has 16 heavy (non-hydrogen) atoms. The molecule has 96 valence electrons. The van der Waals surface area contributed by atoms with Crippen LogP contribution in [-0.2, 0) is 4.74 Å². The monoisotopic (exact) mass is 228 g/mol. The number of methoxy groups -OCH3 is 1. The highest BCUT2D eigenvalue weighted by Crippen LogP contribution is 2.28. The molecule has 4 unspecified atom stereocenters. The molecule has 0 aromatic carbocycles. The molecule has 1 fully saturated rings. The summed E-state index contributed by atoms with van der Waals surface area (Å²) in [5, 5.41) is 3.47. The van der Waals surface area contributed by atoms with Crippen LogP contribution in [-0.4, -0.2) is 50.8 Å². The molecular formula is C13H28N2O. The molecule has 0 bridgehead atoms. The molecule has 1 aliphatic carbocycles. The third-order valence-electron chi connectivity index (χ3n) is 4.08. The van der Waals surface area contributed by atoms with Crippen LogP contribution in [0, 0.1) is 5.92 Å². The number of nitrogens with zero attached hydrogens (tertiary/aromatic N) is 1. The molecule has 1 aliphatic rings. The molecule has 3 heteroatoms. The van der Waals surface area contributed by atoms with Crippen molar-refractivity contribution in [1.82, 2.24) is 10.2 Å². The Hall–Kier alpha value is -0.120. The molecule has 4 atom stereocenters. The number of hydrogen-bond acceptors (Lipinski definition) is 3. The summed E-state index contributed by atoms with van der Waals surface area (Å²) in [5.41, 5.74) is 0. The van der Waals surface area contributed by atoms with E-state index in [1.807, 2.05) is 0 Å². The van der Waals surface area contributed by atoms with E-state index < -0.39 is 0 Å². The highest BCUT2D eigenvalue weighted by molar-refractivity contribution is 4.90. The van der Waals surface area contributed by atoms with Crippen molar-refractivity contribution in [2.75, 3.05) is 27.8 Å². The predicted octanol–water partition coefficient (Wildman–Crippen LogP) is 1.73. The van der Waals surface area contributed by atoms with Gasteiger partial charge in [0.1, 0.15) is 0 Å². The van der Waals surface area contributed by atoms with Gasteiger partial charge in [0, 0.05) is 25.2 Å². The quantitative estimate of drug-likeness (QED) is 0.775. The average Bonchev–Trinajstić information content (AvgIpc) is 2.28. The van der Waals surface area contributed by atoms with Crippen LogP contribution < -0.4 is 5.32 Å². The van der Waals surface area contributed by atoms with Gasteiger partial charge in [-0.1, -0.05) is 6.92 Å². The van der Waals surface area contributed by atoms with Crippen LogP contribution in [0.2, 0.25) is 0 Å². The van der Waals surface area contributed by atoms with Crippen molar-refractivity contribution in [2.24, 2.45) is 5.92 Å². The minimum atomic E-state index is 0.496. The molecule has 3 nitrogen and oxygen atoms in total. The summed E-state index contributed by atoms with van der Waals surface area (Å²) in [4.78, 5) is 2.49. The van der Waals surface area contributed by atoms with Gasteiger partial charge in [-0.05, 0) is 46.2 Å². The van der Waals surface area contributed by atoms with E-state index in [9.17, 15) is 0 Å². The summed E-state index contributed by atoms with van der Waals surface area (Å²) in [6, 6.07) is 1.79. The van der Waals surface area contributed by atoms with E-state index in [1.54, 1.807) is 7.11 Å². The van der Waals surface area contributed by atoms with Gasteiger partial charge >= 0.3 is 0 Å². The van der Waals surface area contributed by atoms with Crippen molar-refractivity contribution in [2.45, 2.75) is 51.2 Å². The Bertz CT molecular complexity index is 198. The summed E-state index contributed by atoms with van der Waals surface area (Å²) < 4.78 is 5.25. The summed E-state index contributed by atoms with van der Waals surface area (Å²) in [6.45, 7) is 5.43. The van der Waals surface area contributed by atoms with E-state index >= 15 is 0 Å². The van der Waals surface area contributed by atoms with Crippen molar-refractivity contribution in [3.63, 3.8) is 0 Å². The fourth-order valence-electron chi connectivity index (χ4n) is 2.82. The van der Waals surface area contributed by atoms with Crippen LogP contribution in [0.25, 0.3) is 0 Å². The van der Waals surface area contributed by atoms with Crippen LogP contribution in [0.3, 0.4) is 0 Å². The lowest BCUT2D eigenvalue weighted by molar-refractivity contribution is 0.0523. The lowest BCUT2D eigenvalue weighted by Crippen LogP contribution is -2.54. The van der Waals surface area contributed by atoms with E-state index in [-0.39, 0.29) is 0 Å².